The van der Waals surface area contributed by atoms with E-state index < -0.39 is 5.41 Å². The Hall–Kier alpha value is -1.23. The van der Waals surface area contributed by atoms with Gasteiger partial charge in [0.05, 0.1) is 24.0 Å². The Morgan fingerprint density at radius 2 is 2.11 bits per heavy atom. The zero-order valence-electron chi connectivity index (χ0n) is 11.6. The Balaban J connectivity index is 2.09. The fourth-order valence-electron chi connectivity index (χ4n) is 1.22. The first kappa shape index (κ1) is 15.8. The lowest BCUT2D eigenvalue weighted by atomic mass is 9.97. The molecule has 0 amide bonds. The number of esters is 1. The summed E-state index contributed by atoms with van der Waals surface area (Å²) in [4.78, 5) is 23.0. The number of thioether (sulfide) groups is 1. The van der Waals surface area contributed by atoms with Gasteiger partial charge in [-0.3, -0.25) is 9.59 Å². The Morgan fingerprint density at radius 3 is 2.68 bits per heavy atom. The number of rotatable bonds is 6. The van der Waals surface area contributed by atoms with Crippen LogP contribution < -0.4 is 0 Å². The van der Waals surface area contributed by atoms with Gasteiger partial charge >= 0.3 is 5.97 Å². The zero-order chi connectivity index (χ0) is 14.3. The van der Waals surface area contributed by atoms with Crippen molar-refractivity contribution >= 4 is 22.8 Å². The molecule has 1 heterocycles. The molecule has 0 unspecified atom stereocenters. The maximum atomic E-state index is 11.6. The molecular weight excluding hydrogens is 264 g/mol. The highest BCUT2D eigenvalue weighted by molar-refractivity contribution is 8.12. The fraction of sp³-hybridized carbons (Fsp3) is 0.571. The Bertz CT molecular complexity index is 404. The van der Waals surface area contributed by atoms with Gasteiger partial charge in [-0.2, -0.15) is 0 Å². The van der Waals surface area contributed by atoms with E-state index >= 15 is 0 Å². The highest BCUT2D eigenvalue weighted by Gasteiger charge is 2.22. The highest BCUT2D eigenvalue weighted by atomic mass is 32.2. The van der Waals surface area contributed by atoms with E-state index in [4.69, 9.17) is 9.15 Å². The first-order valence-electron chi connectivity index (χ1n) is 6.25. The molecule has 0 radical (unpaired) electrons. The van der Waals surface area contributed by atoms with Gasteiger partial charge in [-0.1, -0.05) is 11.8 Å². The molecule has 0 spiro atoms. The molecule has 106 valence electrons. The summed E-state index contributed by atoms with van der Waals surface area (Å²) in [5.74, 6) is 1.11. The van der Waals surface area contributed by atoms with Gasteiger partial charge in [-0.25, -0.2) is 0 Å². The van der Waals surface area contributed by atoms with Crippen LogP contribution in [0.5, 0.6) is 0 Å². The lowest BCUT2D eigenvalue weighted by Crippen LogP contribution is -2.23. The number of furan rings is 1. The van der Waals surface area contributed by atoms with Crippen molar-refractivity contribution in [2.45, 2.75) is 39.4 Å². The van der Waals surface area contributed by atoms with Gasteiger partial charge in [0, 0.05) is 6.42 Å². The molecule has 1 rings (SSSR count). The van der Waals surface area contributed by atoms with Crippen LogP contribution in [0.2, 0.25) is 0 Å². The molecule has 0 N–H and O–H groups in total. The molecule has 4 nitrogen and oxygen atoms in total. The van der Waals surface area contributed by atoms with Gasteiger partial charge in [0.15, 0.2) is 5.12 Å². The van der Waals surface area contributed by atoms with Crippen LogP contribution >= 0.6 is 11.8 Å². The highest BCUT2D eigenvalue weighted by Crippen LogP contribution is 2.17. The third-order valence-corrected chi connectivity index (χ3v) is 3.28. The molecule has 0 saturated heterocycles. The lowest BCUT2D eigenvalue weighted by Gasteiger charge is -2.16. The largest absolute Gasteiger partial charge is 0.468 e. The van der Waals surface area contributed by atoms with Crippen molar-refractivity contribution in [3.05, 3.63) is 24.2 Å². The van der Waals surface area contributed by atoms with Crippen molar-refractivity contribution in [1.29, 1.82) is 0 Å². The van der Waals surface area contributed by atoms with Crippen molar-refractivity contribution in [3.63, 3.8) is 0 Å². The Morgan fingerprint density at radius 1 is 1.37 bits per heavy atom. The lowest BCUT2D eigenvalue weighted by molar-refractivity contribution is -0.153. The quantitative estimate of drug-likeness (QED) is 0.592. The van der Waals surface area contributed by atoms with Crippen molar-refractivity contribution < 1.29 is 18.7 Å². The monoisotopic (exact) mass is 284 g/mol. The van der Waals surface area contributed by atoms with E-state index in [0.717, 1.165) is 5.76 Å². The van der Waals surface area contributed by atoms with Crippen LogP contribution in [0.3, 0.4) is 0 Å². The van der Waals surface area contributed by atoms with E-state index in [9.17, 15) is 9.59 Å². The summed E-state index contributed by atoms with van der Waals surface area (Å²) in [5.41, 5.74) is -0.488. The molecule has 0 aromatic carbocycles. The minimum Gasteiger partial charge on any atom is -0.468 e. The molecule has 1 aromatic rings. The summed E-state index contributed by atoms with van der Waals surface area (Å²) in [6.07, 6.45) is 2.56. The van der Waals surface area contributed by atoms with Gasteiger partial charge in [0.1, 0.15) is 5.76 Å². The van der Waals surface area contributed by atoms with Gasteiger partial charge in [0.25, 0.3) is 0 Å². The first-order chi connectivity index (χ1) is 8.89. The zero-order valence-corrected chi connectivity index (χ0v) is 12.4. The predicted molar refractivity (Wildman–Crippen MR) is 74.7 cm³/mol. The Kier molecular flexibility index (Phi) is 6.15. The summed E-state index contributed by atoms with van der Waals surface area (Å²) >= 11 is 1.23. The van der Waals surface area contributed by atoms with E-state index in [1.54, 1.807) is 33.1 Å². The second-order valence-corrected chi connectivity index (χ2v) is 6.26. The van der Waals surface area contributed by atoms with Crippen LogP contribution in [0.25, 0.3) is 0 Å². The standard InChI is InChI=1S/C14H20O4S/c1-14(2,3)13(16)18-9-5-7-12(15)19-10-11-6-4-8-17-11/h4,6,8H,5,7,9-10H2,1-3H3. The van der Waals surface area contributed by atoms with Crippen LogP contribution in [-0.2, 0) is 20.1 Å². The van der Waals surface area contributed by atoms with Crippen LogP contribution in [0.15, 0.2) is 22.8 Å². The summed E-state index contributed by atoms with van der Waals surface area (Å²) in [6, 6.07) is 3.64. The van der Waals surface area contributed by atoms with Crippen LogP contribution in [0.1, 0.15) is 39.4 Å². The van der Waals surface area contributed by atoms with E-state index in [2.05, 4.69) is 0 Å². The molecule has 0 atom stereocenters. The summed E-state index contributed by atoms with van der Waals surface area (Å²) in [5, 5.41) is 0.0863. The maximum absolute atomic E-state index is 11.6. The fourth-order valence-corrected chi connectivity index (χ4v) is 1.97. The second-order valence-electron chi connectivity index (χ2n) is 5.23. The van der Waals surface area contributed by atoms with E-state index in [1.165, 1.54) is 11.8 Å². The van der Waals surface area contributed by atoms with E-state index in [-0.39, 0.29) is 11.1 Å². The maximum Gasteiger partial charge on any atom is 0.311 e. The molecule has 1 aromatic heterocycles. The number of ether oxygens (including phenoxy) is 1. The number of hydrogen-bond donors (Lipinski definition) is 0. The molecule has 0 bridgehead atoms. The van der Waals surface area contributed by atoms with Crippen molar-refractivity contribution in [3.8, 4) is 0 Å². The molecule has 0 aliphatic carbocycles. The molecule has 19 heavy (non-hydrogen) atoms. The normalized spacial score (nSPS) is 11.3. The van der Waals surface area contributed by atoms with Crippen molar-refractivity contribution in [2.24, 2.45) is 5.41 Å². The topological polar surface area (TPSA) is 56.5 Å². The van der Waals surface area contributed by atoms with Gasteiger partial charge in [-0.05, 0) is 39.3 Å². The molecular formula is C14H20O4S. The molecule has 0 aliphatic heterocycles. The van der Waals surface area contributed by atoms with Crippen LogP contribution in [0.4, 0.5) is 0 Å². The average molecular weight is 284 g/mol. The molecule has 0 saturated carbocycles. The smallest absolute Gasteiger partial charge is 0.311 e. The van der Waals surface area contributed by atoms with Gasteiger partial charge in [-0.15, -0.1) is 0 Å². The van der Waals surface area contributed by atoms with Gasteiger partial charge < -0.3 is 9.15 Å². The number of carbonyl (C=O) groups excluding carboxylic acids is 2. The number of carbonyl (C=O) groups is 2. The minimum absolute atomic E-state index is 0.0863. The predicted octanol–water partition coefficient (Wildman–Crippen LogP) is 3.41. The second kappa shape index (κ2) is 7.38. The average Bonchev–Trinajstić information content (AvgIpc) is 2.83. The van der Waals surface area contributed by atoms with Gasteiger partial charge in [0.2, 0.25) is 0 Å². The SMILES string of the molecule is CC(C)(C)C(=O)OCCCC(=O)SCc1ccco1. The molecule has 0 aliphatic rings. The van der Waals surface area contributed by atoms with Crippen LogP contribution in [0, 0.1) is 5.41 Å². The number of hydrogen-bond acceptors (Lipinski definition) is 5. The third kappa shape index (κ3) is 6.47. The summed E-state index contributed by atoms with van der Waals surface area (Å²) in [6.45, 7) is 5.71. The van der Waals surface area contributed by atoms with Crippen molar-refractivity contribution in [2.75, 3.05) is 6.61 Å². The first-order valence-corrected chi connectivity index (χ1v) is 7.23. The third-order valence-electron chi connectivity index (χ3n) is 2.33. The summed E-state index contributed by atoms with van der Waals surface area (Å²) in [7, 11) is 0. The van der Waals surface area contributed by atoms with E-state index in [0.29, 0.717) is 25.2 Å². The Labute approximate surface area is 117 Å². The van der Waals surface area contributed by atoms with Crippen molar-refractivity contribution in [1.82, 2.24) is 0 Å². The summed E-state index contributed by atoms with van der Waals surface area (Å²) < 4.78 is 10.2. The van der Waals surface area contributed by atoms with Crippen LogP contribution in [-0.4, -0.2) is 17.7 Å². The molecule has 0 fully saturated rings. The van der Waals surface area contributed by atoms with E-state index in [1.807, 2.05) is 6.07 Å². The minimum atomic E-state index is -0.488. The molecule has 5 heteroatoms.